The molecular weight excluding hydrogens is 212 g/mol. The molecule has 1 aliphatic rings. The van der Waals surface area contributed by atoms with Crippen LogP contribution >= 0.6 is 0 Å². The molecule has 3 heteroatoms. The molecule has 3 nitrogen and oxygen atoms in total. The van der Waals surface area contributed by atoms with Gasteiger partial charge >= 0.3 is 0 Å². The average molecular weight is 236 g/mol. The highest BCUT2D eigenvalue weighted by atomic mass is 16.5. The van der Waals surface area contributed by atoms with Crippen molar-refractivity contribution in [2.24, 2.45) is 5.92 Å². The van der Waals surface area contributed by atoms with Crippen molar-refractivity contribution in [1.29, 1.82) is 0 Å². The summed E-state index contributed by atoms with van der Waals surface area (Å²) >= 11 is 0. The first-order chi connectivity index (χ1) is 8.04. The van der Waals surface area contributed by atoms with Gasteiger partial charge in [-0.2, -0.15) is 0 Å². The molecule has 0 saturated carbocycles. The number of aryl methyl sites for hydroxylation is 1. The number of fused-ring (bicyclic) bond motifs is 1. The number of nitrogens with zero attached hydrogens (tertiary/aromatic N) is 1. The first-order valence-electron chi connectivity index (χ1n) is 6.66. The summed E-state index contributed by atoms with van der Waals surface area (Å²) in [5.41, 5.74) is 2.52. The van der Waals surface area contributed by atoms with Gasteiger partial charge in [0, 0.05) is 19.2 Å². The zero-order chi connectivity index (χ0) is 12.5. The summed E-state index contributed by atoms with van der Waals surface area (Å²) in [6, 6.07) is 0. The van der Waals surface area contributed by atoms with E-state index in [-0.39, 0.29) is 5.60 Å². The summed E-state index contributed by atoms with van der Waals surface area (Å²) in [4.78, 5) is 8.21. The number of methoxy groups -OCH3 is 1. The molecule has 0 amide bonds. The van der Waals surface area contributed by atoms with E-state index in [4.69, 9.17) is 9.72 Å². The third kappa shape index (κ3) is 2.89. The van der Waals surface area contributed by atoms with Crippen LogP contribution in [0.15, 0.2) is 0 Å². The summed E-state index contributed by atoms with van der Waals surface area (Å²) in [6.45, 7) is 6.48. The molecule has 0 fully saturated rings. The van der Waals surface area contributed by atoms with E-state index in [2.05, 4.69) is 25.8 Å². The minimum absolute atomic E-state index is 0.134. The van der Waals surface area contributed by atoms with Crippen LogP contribution in [0, 0.1) is 5.92 Å². The molecule has 1 heterocycles. The van der Waals surface area contributed by atoms with Crippen LogP contribution in [0.1, 0.15) is 50.8 Å². The molecule has 0 saturated heterocycles. The van der Waals surface area contributed by atoms with Gasteiger partial charge in [0.1, 0.15) is 5.82 Å². The number of imidazole rings is 1. The fourth-order valence-electron chi connectivity index (χ4n) is 2.52. The Balaban J connectivity index is 2.10. The molecule has 0 aliphatic heterocycles. The first kappa shape index (κ1) is 12.6. The average Bonchev–Trinajstić information content (AvgIpc) is 2.68. The number of H-pyrrole nitrogens is 1. The van der Waals surface area contributed by atoms with Crippen molar-refractivity contribution < 1.29 is 4.74 Å². The fourth-order valence-corrected chi connectivity index (χ4v) is 2.52. The van der Waals surface area contributed by atoms with Crippen LogP contribution in [0.2, 0.25) is 0 Å². The minimum atomic E-state index is -0.134. The van der Waals surface area contributed by atoms with Crippen LogP contribution in [-0.4, -0.2) is 22.7 Å². The highest BCUT2D eigenvalue weighted by molar-refractivity contribution is 5.19. The Kier molecular flexibility index (Phi) is 3.57. The van der Waals surface area contributed by atoms with E-state index in [1.54, 1.807) is 7.11 Å². The third-order valence-corrected chi connectivity index (χ3v) is 3.92. The fraction of sp³-hybridized carbons (Fsp3) is 0.786. The van der Waals surface area contributed by atoms with Gasteiger partial charge in [0.15, 0.2) is 0 Å². The van der Waals surface area contributed by atoms with Crippen molar-refractivity contribution in [3.63, 3.8) is 0 Å². The molecule has 0 bridgehead atoms. The maximum absolute atomic E-state index is 5.46. The second-order valence-corrected chi connectivity index (χ2v) is 5.77. The van der Waals surface area contributed by atoms with Crippen molar-refractivity contribution in [3.05, 3.63) is 17.2 Å². The third-order valence-electron chi connectivity index (χ3n) is 3.92. The smallest absolute Gasteiger partial charge is 0.109 e. The van der Waals surface area contributed by atoms with E-state index in [0.29, 0.717) is 0 Å². The lowest BCUT2D eigenvalue weighted by atomic mass is 9.88. The molecule has 1 N–H and O–H groups in total. The SMILES string of the molecule is CCC1CCc2nc(CC(C)(C)OC)[nH]c2C1. The van der Waals surface area contributed by atoms with Gasteiger partial charge in [-0.15, -0.1) is 0 Å². The molecule has 1 aromatic rings. The van der Waals surface area contributed by atoms with Crippen molar-refractivity contribution in [2.45, 2.75) is 58.5 Å². The lowest BCUT2D eigenvalue weighted by Crippen LogP contribution is -2.26. The van der Waals surface area contributed by atoms with Gasteiger partial charge in [-0.1, -0.05) is 13.3 Å². The molecular formula is C14H24N2O. The second kappa shape index (κ2) is 4.81. The molecule has 96 valence electrons. The summed E-state index contributed by atoms with van der Waals surface area (Å²) in [5.74, 6) is 1.92. The topological polar surface area (TPSA) is 37.9 Å². The lowest BCUT2D eigenvalue weighted by molar-refractivity contribution is 0.0217. The first-order valence-corrected chi connectivity index (χ1v) is 6.66. The minimum Gasteiger partial charge on any atom is -0.378 e. The Morgan fingerprint density at radius 1 is 1.47 bits per heavy atom. The number of ether oxygens (including phenoxy) is 1. The number of nitrogens with one attached hydrogen (secondary N) is 1. The Morgan fingerprint density at radius 2 is 2.24 bits per heavy atom. The van der Waals surface area contributed by atoms with E-state index in [1.807, 2.05) is 0 Å². The summed E-state index contributed by atoms with van der Waals surface area (Å²) < 4.78 is 5.46. The van der Waals surface area contributed by atoms with E-state index in [0.717, 1.165) is 24.6 Å². The molecule has 2 rings (SSSR count). The lowest BCUT2D eigenvalue weighted by Gasteiger charge is -2.21. The summed E-state index contributed by atoms with van der Waals surface area (Å²) in [6.07, 6.45) is 5.73. The highest BCUT2D eigenvalue weighted by Gasteiger charge is 2.24. The normalized spacial score (nSPS) is 20.4. The summed E-state index contributed by atoms with van der Waals surface area (Å²) in [7, 11) is 1.76. The van der Waals surface area contributed by atoms with E-state index in [1.165, 1.54) is 30.7 Å². The van der Waals surface area contributed by atoms with Gasteiger partial charge in [-0.3, -0.25) is 0 Å². The Labute approximate surface area is 104 Å². The predicted octanol–water partition coefficient (Wildman–Crippen LogP) is 2.89. The maximum Gasteiger partial charge on any atom is 0.109 e. The number of aromatic nitrogens is 2. The Bertz CT molecular complexity index is 382. The van der Waals surface area contributed by atoms with Gasteiger partial charge in [-0.05, 0) is 39.0 Å². The largest absolute Gasteiger partial charge is 0.378 e. The van der Waals surface area contributed by atoms with Gasteiger partial charge in [0.05, 0.1) is 11.3 Å². The molecule has 0 radical (unpaired) electrons. The zero-order valence-corrected chi connectivity index (χ0v) is 11.5. The Hall–Kier alpha value is -0.830. The van der Waals surface area contributed by atoms with Crippen LogP contribution in [0.5, 0.6) is 0 Å². The van der Waals surface area contributed by atoms with Gasteiger partial charge in [-0.25, -0.2) is 4.98 Å². The molecule has 0 spiro atoms. The van der Waals surface area contributed by atoms with Crippen molar-refractivity contribution in [2.75, 3.05) is 7.11 Å². The predicted molar refractivity (Wildman–Crippen MR) is 69.2 cm³/mol. The number of aromatic amines is 1. The van der Waals surface area contributed by atoms with Gasteiger partial charge in [0.2, 0.25) is 0 Å². The van der Waals surface area contributed by atoms with Crippen LogP contribution in [0.3, 0.4) is 0 Å². The Morgan fingerprint density at radius 3 is 2.88 bits per heavy atom. The van der Waals surface area contributed by atoms with Crippen molar-refractivity contribution in [1.82, 2.24) is 9.97 Å². The van der Waals surface area contributed by atoms with Gasteiger partial charge in [0.25, 0.3) is 0 Å². The molecule has 17 heavy (non-hydrogen) atoms. The van der Waals surface area contributed by atoms with Crippen molar-refractivity contribution in [3.8, 4) is 0 Å². The van der Waals surface area contributed by atoms with E-state index < -0.39 is 0 Å². The van der Waals surface area contributed by atoms with Crippen LogP contribution in [0.4, 0.5) is 0 Å². The molecule has 1 atom stereocenters. The number of hydrogen-bond donors (Lipinski definition) is 1. The highest BCUT2D eigenvalue weighted by Crippen LogP contribution is 2.26. The molecule has 1 aromatic heterocycles. The number of rotatable bonds is 4. The van der Waals surface area contributed by atoms with Crippen LogP contribution in [0.25, 0.3) is 0 Å². The van der Waals surface area contributed by atoms with Crippen molar-refractivity contribution >= 4 is 0 Å². The van der Waals surface area contributed by atoms with Gasteiger partial charge < -0.3 is 9.72 Å². The number of hydrogen-bond acceptors (Lipinski definition) is 2. The quantitative estimate of drug-likeness (QED) is 0.873. The van der Waals surface area contributed by atoms with E-state index >= 15 is 0 Å². The molecule has 1 unspecified atom stereocenters. The monoisotopic (exact) mass is 236 g/mol. The summed E-state index contributed by atoms with van der Waals surface area (Å²) in [5, 5.41) is 0. The van der Waals surface area contributed by atoms with Crippen LogP contribution in [-0.2, 0) is 24.0 Å². The van der Waals surface area contributed by atoms with Crippen LogP contribution < -0.4 is 0 Å². The maximum atomic E-state index is 5.46. The standard InChI is InChI=1S/C14H24N2O/c1-5-10-6-7-11-12(8-10)16-13(15-11)9-14(2,3)17-4/h10H,5-9H2,1-4H3,(H,15,16). The zero-order valence-electron chi connectivity index (χ0n) is 11.5. The molecule has 0 aromatic carbocycles. The second-order valence-electron chi connectivity index (χ2n) is 5.77. The molecule has 1 aliphatic carbocycles. The van der Waals surface area contributed by atoms with E-state index in [9.17, 15) is 0 Å².